The third-order valence-electron chi connectivity index (χ3n) is 5.28. The van der Waals surface area contributed by atoms with Crippen LogP contribution >= 0.6 is 11.8 Å². The molecule has 0 aromatic heterocycles. The zero-order chi connectivity index (χ0) is 20.4. The number of thioether (sulfide) groups is 1. The van der Waals surface area contributed by atoms with Crippen LogP contribution in [0.1, 0.15) is 6.42 Å². The van der Waals surface area contributed by atoms with Crippen LogP contribution in [0.25, 0.3) is 0 Å². The lowest BCUT2D eigenvalue weighted by molar-refractivity contribution is -0.135. The summed E-state index contributed by atoms with van der Waals surface area (Å²) in [5.41, 5.74) is 0.839. The third-order valence-corrected chi connectivity index (χ3v) is 6.02. The molecule has 0 aliphatic carbocycles. The van der Waals surface area contributed by atoms with Crippen molar-refractivity contribution in [2.24, 2.45) is 5.92 Å². The van der Waals surface area contributed by atoms with Crippen LogP contribution in [0.4, 0.5) is 5.69 Å². The number of benzene rings is 2. The Morgan fingerprint density at radius 3 is 2.62 bits per heavy atom. The van der Waals surface area contributed by atoms with Gasteiger partial charge in [0.15, 0.2) is 17.6 Å². The van der Waals surface area contributed by atoms with Gasteiger partial charge in [0.2, 0.25) is 11.8 Å². The standard InChI is InChI=1S/C22H24N2O4S/c1-23(13-17-14-27-19-5-3-4-6-20(19)28-17)22(26)15-11-21(25)24(12-15)16-7-9-18(29-2)10-8-16/h3-10,15,17H,11-14H2,1-2H3. The fourth-order valence-corrected chi connectivity index (χ4v) is 4.15. The Balaban J connectivity index is 1.36. The zero-order valence-electron chi connectivity index (χ0n) is 16.5. The maximum Gasteiger partial charge on any atom is 0.227 e. The van der Waals surface area contributed by atoms with Crippen LogP contribution in [0.5, 0.6) is 11.5 Å². The molecule has 2 aromatic rings. The Morgan fingerprint density at radius 2 is 1.90 bits per heavy atom. The summed E-state index contributed by atoms with van der Waals surface area (Å²) in [6.07, 6.45) is 2.02. The SMILES string of the molecule is CSc1ccc(N2CC(C(=O)N(C)CC3COc4ccccc4O3)CC2=O)cc1. The fourth-order valence-electron chi connectivity index (χ4n) is 3.74. The quantitative estimate of drug-likeness (QED) is 0.707. The number of amides is 2. The Bertz CT molecular complexity index is 902. The maximum atomic E-state index is 12.9. The van der Waals surface area contributed by atoms with Gasteiger partial charge in [-0.3, -0.25) is 9.59 Å². The molecule has 4 rings (SSSR count). The van der Waals surface area contributed by atoms with E-state index in [2.05, 4.69) is 0 Å². The van der Waals surface area contributed by atoms with E-state index in [1.165, 1.54) is 0 Å². The van der Waals surface area contributed by atoms with Crippen molar-refractivity contribution in [2.75, 3.05) is 37.9 Å². The van der Waals surface area contributed by atoms with E-state index in [9.17, 15) is 9.59 Å². The Morgan fingerprint density at radius 1 is 1.17 bits per heavy atom. The first-order valence-corrected chi connectivity index (χ1v) is 10.9. The van der Waals surface area contributed by atoms with Crippen molar-refractivity contribution >= 4 is 29.3 Å². The van der Waals surface area contributed by atoms with E-state index in [1.54, 1.807) is 28.6 Å². The largest absolute Gasteiger partial charge is 0.486 e. The minimum absolute atomic E-state index is 0.0140. The van der Waals surface area contributed by atoms with Crippen molar-refractivity contribution < 1.29 is 19.1 Å². The summed E-state index contributed by atoms with van der Waals surface area (Å²) in [4.78, 5) is 29.9. The van der Waals surface area contributed by atoms with E-state index < -0.39 is 0 Å². The molecule has 0 N–H and O–H groups in total. The van der Waals surface area contributed by atoms with Crippen molar-refractivity contribution in [1.82, 2.24) is 4.90 Å². The highest BCUT2D eigenvalue weighted by Crippen LogP contribution is 2.31. The van der Waals surface area contributed by atoms with E-state index >= 15 is 0 Å². The molecule has 2 unspecified atom stereocenters. The Hall–Kier alpha value is -2.67. The molecule has 2 aromatic carbocycles. The molecular weight excluding hydrogens is 388 g/mol. The number of carbonyl (C=O) groups excluding carboxylic acids is 2. The predicted molar refractivity (Wildman–Crippen MR) is 113 cm³/mol. The van der Waals surface area contributed by atoms with Crippen molar-refractivity contribution in [2.45, 2.75) is 17.4 Å². The number of hydrogen-bond donors (Lipinski definition) is 0. The van der Waals surface area contributed by atoms with Gasteiger partial charge >= 0.3 is 0 Å². The molecule has 6 nitrogen and oxygen atoms in total. The predicted octanol–water partition coefficient (Wildman–Crippen LogP) is 3.06. The highest BCUT2D eigenvalue weighted by atomic mass is 32.2. The number of rotatable bonds is 5. The zero-order valence-corrected chi connectivity index (χ0v) is 17.4. The summed E-state index contributed by atoms with van der Waals surface area (Å²) >= 11 is 1.66. The summed E-state index contributed by atoms with van der Waals surface area (Å²) in [7, 11) is 1.76. The van der Waals surface area contributed by atoms with Gasteiger partial charge in [-0.25, -0.2) is 0 Å². The minimum atomic E-state index is -0.343. The van der Waals surface area contributed by atoms with Crippen LogP contribution in [-0.2, 0) is 9.59 Å². The number of fused-ring (bicyclic) bond motifs is 1. The van der Waals surface area contributed by atoms with Gasteiger partial charge in [0.1, 0.15) is 6.61 Å². The van der Waals surface area contributed by atoms with Crippen LogP contribution in [0.15, 0.2) is 53.4 Å². The number of ether oxygens (including phenoxy) is 2. The summed E-state index contributed by atoms with van der Waals surface area (Å²) in [6.45, 7) is 1.22. The number of hydrogen-bond acceptors (Lipinski definition) is 5. The molecule has 2 aliphatic heterocycles. The second-order valence-electron chi connectivity index (χ2n) is 7.32. The topological polar surface area (TPSA) is 59.1 Å². The lowest BCUT2D eigenvalue weighted by Crippen LogP contribution is -2.44. The molecule has 2 aliphatic rings. The third kappa shape index (κ3) is 4.19. The van der Waals surface area contributed by atoms with Crippen molar-refractivity contribution in [3.8, 4) is 11.5 Å². The molecular formula is C22H24N2O4S. The lowest BCUT2D eigenvalue weighted by Gasteiger charge is -2.30. The fraction of sp³-hybridized carbons (Fsp3) is 0.364. The van der Waals surface area contributed by atoms with E-state index in [1.807, 2.05) is 54.8 Å². The first-order valence-electron chi connectivity index (χ1n) is 9.63. The average Bonchev–Trinajstić information content (AvgIpc) is 3.14. The number of anilines is 1. The number of nitrogens with zero attached hydrogens (tertiary/aromatic N) is 2. The van der Waals surface area contributed by atoms with Crippen molar-refractivity contribution in [1.29, 1.82) is 0 Å². The molecule has 152 valence electrons. The molecule has 2 heterocycles. The summed E-state index contributed by atoms with van der Waals surface area (Å²) in [5, 5.41) is 0. The Kier molecular flexibility index (Phi) is 5.67. The smallest absolute Gasteiger partial charge is 0.227 e. The van der Waals surface area contributed by atoms with Gasteiger partial charge in [-0.2, -0.15) is 0 Å². The van der Waals surface area contributed by atoms with Crippen LogP contribution in [0.3, 0.4) is 0 Å². The first kappa shape index (κ1) is 19.6. The molecule has 29 heavy (non-hydrogen) atoms. The minimum Gasteiger partial charge on any atom is -0.486 e. The van der Waals surface area contributed by atoms with E-state index in [4.69, 9.17) is 9.47 Å². The number of carbonyl (C=O) groups is 2. The van der Waals surface area contributed by atoms with Gasteiger partial charge in [0.25, 0.3) is 0 Å². The highest BCUT2D eigenvalue weighted by Gasteiger charge is 2.37. The summed E-state index contributed by atoms with van der Waals surface area (Å²) < 4.78 is 11.7. The van der Waals surface area contributed by atoms with Gasteiger partial charge in [0, 0.05) is 30.6 Å². The molecule has 1 saturated heterocycles. The van der Waals surface area contributed by atoms with Gasteiger partial charge in [-0.1, -0.05) is 12.1 Å². The summed E-state index contributed by atoms with van der Waals surface area (Å²) in [5.74, 6) is 1.02. The summed E-state index contributed by atoms with van der Waals surface area (Å²) in [6, 6.07) is 15.4. The van der Waals surface area contributed by atoms with Crippen LogP contribution in [-0.4, -0.2) is 55.8 Å². The van der Waals surface area contributed by atoms with E-state index in [-0.39, 0.29) is 30.3 Å². The van der Waals surface area contributed by atoms with E-state index in [0.29, 0.717) is 25.4 Å². The van der Waals surface area contributed by atoms with Crippen LogP contribution in [0, 0.1) is 5.92 Å². The van der Waals surface area contributed by atoms with Crippen molar-refractivity contribution in [3.63, 3.8) is 0 Å². The van der Waals surface area contributed by atoms with Gasteiger partial charge < -0.3 is 19.3 Å². The molecule has 1 fully saturated rings. The van der Waals surface area contributed by atoms with Gasteiger partial charge in [-0.15, -0.1) is 11.8 Å². The van der Waals surface area contributed by atoms with E-state index in [0.717, 1.165) is 16.3 Å². The van der Waals surface area contributed by atoms with Gasteiger partial charge in [0.05, 0.1) is 12.5 Å². The highest BCUT2D eigenvalue weighted by molar-refractivity contribution is 7.98. The molecule has 0 bridgehead atoms. The molecule has 2 atom stereocenters. The number of para-hydroxylation sites is 2. The second-order valence-corrected chi connectivity index (χ2v) is 8.20. The number of likely N-dealkylation sites (N-methyl/N-ethyl adjacent to an activating group) is 1. The lowest BCUT2D eigenvalue weighted by atomic mass is 10.1. The van der Waals surface area contributed by atoms with Crippen LogP contribution < -0.4 is 14.4 Å². The molecule has 0 spiro atoms. The van der Waals surface area contributed by atoms with Crippen LogP contribution in [0.2, 0.25) is 0 Å². The molecule has 0 saturated carbocycles. The Labute approximate surface area is 174 Å². The maximum absolute atomic E-state index is 12.9. The average molecular weight is 413 g/mol. The normalized spacial score (nSPS) is 20.6. The monoisotopic (exact) mass is 412 g/mol. The van der Waals surface area contributed by atoms with Gasteiger partial charge in [-0.05, 0) is 42.7 Å². The second kappa shape index (κ2) is 8.37. The molecule has 2 amide bonds. The van der Waals surface area contributed by atoms with Crippen molar-refractivity contribution in [3.05, 3.63) is 48.5 Å². The molecule has 7 heteroatoms. The molecule has 0 radical (unpaired) electrons. The first-order chi connectivity index (χ1) is 14.0.